The summed E-state index contributed by atoms with van der Waals surface area (Å²) < 4.78 is 33.4. The maximum Gasteiger partial charge on any atom is 0.349 e. The second-order valence-corrected chi connectivity index (χ2v) is 15.7. The number of ether oxygens (including phenoxy) is 3. The minimum absolute atomic E-state index is 0.199. The molecule has 4 rings (SSSR count). The third-order valence-corrected chi connectivity index (χ3v) is 11.7. The van der Waals surface area contributed by atoms with Gasteiger partial charge >= 0.3 is 14.3 Å². The predicted molar refractivity (Wildman–Crippen MR) is 120 cm³/mol. The van der Waals surface area contributed by atoms with Gasteiger partial charge in [0.05, 0.1) is 6.61 Å². The van der Waals surface area contributed by atoms with Gasteiger partial charge in [-0.05, 0) is 19.3 Å². The van der Waals surface area contributed by atoms with Crippen LogP contribution in [0.25, 0.3) is 0 Å². The average molecular weight is 469 g/mol. The van der Waals surface area contributed by atoms with Crippen molar-refractivity contribution in [3.05, 3.63) is 33.1 Å². The monoisotopic (exact) mass is 468 g/mol. The number of fused-ring (bicyclic) bond motifs is 1. The number of aromatic amines is 1. The summed E-state index contributed by atoms with van der Waals surface area (Å²) in [6.45, 7) is 14.0. The molecule has 0 saturated carbocycles. The van der Waals surface area contributed by atoms with Crippen LogP contribution in [0.4, 0.5) is 0 Å². The van der Waals surface area contributed by atoms with Gasteiger partial charge in [-0.15, -0.1) is 0 Å². The van der Waals surface area contributed by atoms with Gasteiger partial charge in [0.1, 0.15) is 18.3 Å². The first-order valence-electron chi connectivity index (χ1n) is 11.5. The lowest BCUT2D eigenvalue weighted by Gasteiger charge is -2.53. The Morgan fingerprint density at radius 3 is 2.44 bits per heavy atom. The Hall–Kier alpha value is -1.30. The van der Waals surface area contributed by atoms with Crippen LogP contribution in [-0.4, -0.2) is 55.9 Å². The van der Waals surface area contributed by atoms with Crippen LogP contribution in [0.5, 0.6) is 0 Å². The second kappa shape index (κ2) is 8.48. The SMILES string of the molecule is CC(C)(C)[Si]1(C(C)(C)C)OC[C@H]2O[C@@H](n3ccc(=O)[nH]c3=O)[C@H](OC3CCCCO3)[C@@H]2O1. The highest BCUT2D eigenvalue weighted by atomic mass is 28.4. The third-order valence-electron chi connectivity index (χ3n) is 6.59. The highest BCUT2D eigenvalue weighted by molar-refractivity contribution is 6.73. The van der Waals surface area contributed by atoms with E-state index in [1.807, 2.05) is 0 Å². The van der Waals surface area contributed by atoms with Gasteiger partial charge in [-0.2, -0.15) is 0 Å². The Kier molecular flexibility index (Phi) is 6.32. The summed E-state index contributed by atoms with van der Waals surface area (Å²) in [5.74, 6) is 0. The Morgan fingerprint density at radius 2 is 1.84 bits per heavy atom. The molecule has 3 aliphatic heterocycles. The van der Waals surface area contributed by atoms with E-state index in [1.165, 1.54) is 16.8 Å². The molecule has 0 spiro atoms. The largest absolute Gasteiger partial charge is 0.391 e. The lowest BCUT2D eigenvalue weighted by atomic mass is 10.1. The van der Waals surface area contributed by atoms with Gasteiger partial charge in [0.15, 0.2) is 12.5 Å². The Labute approximate surface area is 189 Å². The molecule has 9 nitrogen and oxygen atoms in total. The molecular formula is C22H36N2O7Si. The first-order chi connectivity index (χ1) is 14.9. The van der Waals surface area contributed by atoms with Crippen molar-refractivity contribution in [2.75, 3.05) is 13.2 Å². The normalized spacial score (nSPS) is 33.1. The highest BCUT2D eigenvalue weighted by Gasteiger charge is 2.65. The summed E-state index contributed by atoms with van der Waals surface area (Å²) in [6, 6.07) is 1.31. The quantitative estimate of drug-likeness (QED) is 0.681. The van der Waals surface area contributed by atoms with Crippen LogP contribution in [0.2, 0.25) is 10.1 Å². The summed E-state index contributed by atoms with van der Waals surface area (Å²) in [6.07, 6.45) is 1.72. The number of H-pyrrole nitrogens is 1. The second-order valence-electron chi connectivity index (χ2n) is 11.0. The summed E-state index contributed by atoms with van der Waals surface area (Å²) in [5, 5.41) is -0.399. The molecule has 1 unspecified atom stereocenters. The minimum Gasteiger partial charge on any atom is -0.391 e. The van der Waals surface area contributed by atoms with Crippen LogP contribution in [0, 0.1) is 0 Å². The van der Waals surface area contributed by atoms with E-state index in [4.69, 9.17) is 23.1 Å². The fraction of sp³-hybridized carbons (Fsp3) is 0.818. The summed E-state index contributed by atoms with van der Waals surface area (Å²) in [5.41, 5.74) is -1.00. The molecule has 0 bridgehead atoms. The number of rotatable bonds is 3. The van der Waals surface area contributed by atoms with E-state index in [2.05, 4.69) is 46.5 Å². The topological polar surface area (TPSA) is 101 Å². The first-order valence-corrected chi connectivity index (χ1v) is 13.3. The molecule has 0 aromatic carbocycles. The number of aromatic nitrogens is 2. The molecular weight excluding hydrogens is 432 g/mol. The van der Waals surface area contributed by atoms with Crippen molar-refractivity contribution in [1.82, 2.24) is 9.55 Å². The smallest absolute Gasteiger partial charge is 0.349 e. The predicted octanol–water partition coefficient (Wildman–Crippen LogP) is 2.80. The number of hydrogen-bond acceptors (Lipinski definition) is 7. The molecule has 1 aromatic rings. The maximum absolute atomic E-state index is 12.6. The molecule has 180 valence electrons. The van der Waals surface area contributed by atoms with E-state index in [-0.39, 0.29) is 16.4 Å². The Morgan fingerprint density at radius 1 is 1.12 bits per heavy atom. The van der Waals surface area contributed by atoms with Crippen molar-refractivity contribution < 1.29 is 23.1 Å². The molecule has 5 atom stereocenters. The molecule has 3 saturated heterocycles. The molecule has 10 heteroatoms. The third kappa shape index (κ3) is 4.17. The van der Waals surface area contributed by atoms with Crippen LogP contribution in [0.3, 0.4) is 0 Å². The van der Waals surface area contributed by atoms with Gasteiger partial charge in [-0.25, -0.2) is 4.79 Å². The molecule has 3 fully saturated rings. The summed E-state index contributed by atoms with van der Waals surface area (Å²) in [7, 11) is -2.78. The van der Waals surface area contributed by atoms with Gasteiger partial charge in [-0.3, -0.25) is 14.3 Å². The fourth-order valence-corrected chi connectivity index (χ4v) is 10.3. The van der Waals surface area contributed by atoms with Crippen molar-refractivity contribution in [3.8, 4) is 0 Å². The summed E-state index contributed by atoms with van der Waals surface area (Å²) in [4.78, 5) is 26.5. The molecule has 0 amide bonds. The Balaban J connectivity index is 1.72. The van der Waals surface area contributed by atoms with Gasteiger partial charge in [-0.1, -0.05) is 41.5 Å². The van der Waals surface area contributed by atoms with E-state index in [9.17, 15) is 9.59 Å². The van der Waals surface area contributed by atoms with E-state index < -0.39 is 44.3 Å². The zero-order chi connectivity index (χ0) is 23.3. The number of nitrogens with zero attached hydrogens (tertiary/aromatic N) is 1. The Bertz CT molecular complexity index is 912. The van der Waals surface area contributed by atoms with E-state index in [1.54, 1.807) is 0 Å². The van der Waals surface area contributed by atoms with Crippen LogP contribution in [-0.2, 0) is 23.1 Å². The van der Waals surface area contributed by atoms with E-state index >= 15 is 0 Å². The van der Waals surface area contributed by atoms with Crippen molar-refractivity contribution in [1.29, 1.82) is 0 Å². The van der Waals surface area contributed by atoms with Crippen LogP contribution >= 0.6 is 0 Å². The van der Waals surface area contributed by atoms with Gasteiger partial charge in [0.2, 0.25) is 0 Å². The lowest BCUT2D eigenvalue weighted by Crippen LogP contribution is -2.65. The number of hydrogen-bond donors (Lipinski definition) is 1. The molecule has 3 aliphatic rings. The van der Waals surface area contributed by atoms with Crippen molar-refractivity contribution in [2.24, 2.45) is 0 Å². The maximum atomic E-state index is 12.6. The first kappa shape index (κ1) is 23.8. The van der Waals surface area contributed by atoms with E-state index in [0.717, 1.165) is 19.3 Å². The standard InChI is InChI=1S/C22H36N2O7Si/c1-21(2,3)32(22(4,5)6)28-13-14-17(31-32)18(30-16-9-7-8-12-27-16)19(29-14)24-11-10-15(25)23-20(24)26/h10-11,14,16-19H,7-9,12-13H2,1-6H3,(H,23,25,26)/t14-,16?,17-,18-,19-/m1/s1. The number of nitrogens with one attached hydrogen (secondary N) is 1. The average Bonchev–Trinajstić information content (AvgIpc) is 3.04. The zero-order valence-electron chi connectivity index (χ0n) is 19.9. The molecule has 32 heavy (non-hydrogen) atoms. The molecule has 4 heterocycles. The van der Waals surface area contributed by atoms with Crippen molar-refractivity contribution in [3.63, 3.8) is 0 Å². The summed E-state index contributed by atoms with van der Waals surface area (Å²) >= 11 is 0. The van der Waals surface area contributed by atoms with Gasteiger partial charge in [0.25, 0.3) is 5.56 Å². The highest BCUT2D eigenvalue weighted by Crippen LogP contribution is 2.56. The zero-order valence-corrected chi connectivity index (χ0v) is 20.9. The van der Waals surface area contributed by atoms with Crippen LogP contribution in [0.15, 0.2) is 21.9 Å². The lowest BCUT2D eigenvalue weighted by molar-refractivity contribution is -0.216. The van der Waals surface area contributed by atoms with E-state index in [0.29, 0.717) is 13.2 Å². The molecule has 1 N–H and O–H groups in total. The van der Waals surface area contributed by atoms with Crippen molar-refractivity contribution >= 4 is 8.56 Å². The molecule has 1 aromatic heterocycles. The molecule has 0 aliphatic carbocycles. The molecule has 0 radical (unpaired) electrons. The van der Waals surface area contributed by atoms with Gasteiger partial charge in [0, 0.05) is 28.9 Å². The fourth-order valence-electron chi connectivity index (χ4n) is 5.31. The minimum atomic E-state index is -2.78. The van der Waals surface area contributed by atoms with Crippen LogP contribution in [0.1, 0.15) is 67.0 Å². The van der Waals surface area contributed by atoms with Gasteiger partial charge < -0.3 is 23.1 Å². The van der Waals surface area contributed by atoms with Crippen molar-refractivity contribution in [2.45, 2.75) is 102 Å². The van der Waals surface area contributed by atoms with Crippen LogP contribution < -0.4 is 11.2 Å².